The number of thioether (sulfide) groups is 1. The minimum Gasteiger partial charge on any atom is -0.490 e. The van der Waals surface area contributed by atoms with Crippen LogP contribution < -0.4 is 15.4 Å². The first-order valence-corrected chi connectivity index (χ1v) is 12.3. The Morgan fingerprint density at radius 3 is 2.38 bits per heavy atom. The maximum Gasteiger partial charge on any atom is 0.306 e. The van der Waals surface area contributed by atoms with Gasteiger partial charge < -0.3 is 20.5 Å². The first-order valence-electron chi connectivity index (χ1n) is 11.4. The average Bonchev–Trinajstić information content (AvgIpc) is 3.28. The molecule has 180 valence electrons. The number of halogens is 1. The number of rotatable bonds is 8. The molecule has 1 unspecified atom stereocenters. The number of hydrogen-bond donors (Lipinski definition) is 3. The Bertz CT molecular complexity index is 1050. The zero-order chi connectivity index (χ0) is 24.1. The second-order valence-corrected chi connectivity index (χ2v) is 9.77. The molecule has 0 spiro atoms. The van der Waals surface area contributed by atoms with Crippen LogP contribution in [-0.2, 0) is 16.0 Å². The fourth-order valence-electron chi connectivity index (χ4n) is 4.26. The molecule has 34 heavy (non-hydrogen) atoms. The van der Waals surface area contributed by atoms with Gasteiger partial charge in [-0.05, 0) is 68.5 Å². The van der Waals surface area contributed by atoms with Crippen LogP contribution >= 0.6 is 11.8 Å². The lowest BCUT2D eigenvalue weighted by molar-refractivity contribution is -0.143. The SMILES string of the molecule is O=C(NCCNC(=O)C1Cc2c(F)cccc2S1)c1ccc(O[C@H]2CC[C@@H](C(=O)O)CC2)cc1. The first kappa shape index (κ1) is 24.1. The number of amides is 2. The zero-order valence-electron chi connectivity index (χ0n) is 18.6. The van der Waals surface area contributed by atoms with E-state index < -0.39 is 5.97 Å². The van der Waals surface area contributed by atoms with E-state index in [9.17, 15) is 18.8 Å². The van der Waals surface area contributed by atoms with Gasteiger partial charge in [-0.2, -0.15) is 0 Å². The Morgan fingerprint density at radius 1 is 1.00 bits per heavy atom. The molecule has 3 N–H and O–H groups in total. The van der Waals surface area contributed by atoms with Gasteiger partial charge in [-0.25, -0.2) is 4.39 Å². The van der Waals surface area contributed by atoms with Crippen LogP contribution in [0.25, 0.3) is 0 Å². The molecule has 0 radical (unpaired) electrons. The zero-order valence-corrected chi connectivity index (χ0v) is 19.4. The van der Waals surface area contributed by atoms with E-state index in [1.807, 2.05) is 6.07 Å². The van der Waals surface area contributed by atoms with Gasteiger partial charge in [0.15, 0.2) is 0 Å². The number of aliphatic carboxylic acids is 1. The van der Waals surface area contributed by atoms with Crippen molar-refractivity contribution in [1.82, 2.24) is 10.6 Å². The summed E-state index contributed by atoms with van der Waals surface area (Å²) in [5.74, 6) is -1.09. The molecule has 2 aromatic carbocycles. The lowest BCUT2D eigenvalue weighted by Crippen LogP contribution is -2.38. The van der Waals surface area contributed by atoms with Crippen LogP contribution in [0.5, 0.6) is 5.75 Å². The van der Waals surface area contributed by atoms with E-state index in [4.69, 9.17) is 9.84 Å². The molecule has 0 saturated heterocycles. The van der Waals surface area contributed by atoms with Gasteiger partial charge in [0.05, 0.1) is 17.3 Å². The van der Waals surface area contributed by atoms with E-state index in [1.54, 1.807) is 30.3 Å². The van der Waals surface area contributed by atoms with Gasteiger partial charge in [-0.1, -0.05) is 6.07 Å². The van der Waals surface area contributed by atoms with Crippen LogP contribution in [-0.4, -0.2) is 47.3 Å². The molecule has 1 fully saturated rings. The van der Waals surface area contributed by atoms with E-state index >= 15 is 0 Å². The Morgan fingerprint density at radius 2 is 1.71 bits per heavy atom. The highest BCUT2D eigenvalue weighted by molar-refractivity contribution is 8.01. The van der Waals surface area contributed by atoms with Crippen molar-refractivity contribution in [3.63, 3.8) is 0 Å². The molecule has 2 amide bonds. The Labute approximate surface area is 201 Å². The lowest BCUT2D eigenvalue weighted by atomic mass is 9.87. The van der Waals surface area contributed by atoms with Crippen molar-refractivity contribution in [2.24, 2.45) is 5.92 Å². The summed E-state index contributed by atoms with van der Waals surface area (Å²) >= 11 is 1.36. The second-order valence-electron chi connectivity index (χ2n) is 8.53. The summed E-state index contributed by atoms with van der Waals surface area (Å²) < 4.78 is 19.8. The monoisotopic (exact) mass is 486 g/mol. The summed E-state index contributed by atoms with van der Waals surface area (Å²) in [5.41, 5.74) is 1.06. The predicted octanol–water partition coefficient (Wildman–Crippen LogP) is 3.41. The van der Waals surface area contributed by atoms with E-state index in [0.29, 0.717) is 49.0 Å². The highest BCUT2D eigenvalue weighted by Crippen LogP contribution is 2.38. The van der Waals surface area contributed by atoms with Crippen LogP contribution in [0.3, 0.4) is 0 Å². The molecule has 4 rings (SSSR count). The smallest absolute Gasteiger partial charge is 0.306 e. The van der Waals surface area contributed by atoms with Crippen LogP contribution in [0, 0.1) is 11.7 Å². The van der Waals surface area contributed by atoms with Crippen molar-refractivity contribution in [2.45, 2.75) is 48.4 Å². The maximum absolute atomic E-state index is 13.8. The predicted molar refractivity (Wildman–Crippen MR) is 126 cm³/mol. The van der Waals surface area contributed by atoms with Crippen molar-refractivity contribution in [3.05, 3.63) is 59.4 Å². The fourth-order valence-corrected chi connectivity index (χ4v) is 5.48. The van der Waals surface area contributed by atoms with E-state index in [-0.39, 0.29) is 48.0 Å². The van der Waals surface area contributed by atoms with Gasteiger partial charge in [-0.15, -0.1) is 11.8 Å². The number of ether oxygens (including phenoxy) is 1. The van der Waals surface area contributed by atoms with Crippen LogP contribution in [0.2, 0.25) is 0 Å². The molecule has 1 saturated carbocycles. The Hall–Kier alpha value is -3.07. The third-order valence-corrected chi connectivity index (χ3v) is 7.48. The van der Waals surface area contributed by atoms with Crippen LogP contribution in [0.1, 0.15) is 41.6 Å². The average molecular weight is 487 g/mol. The third-order valence-electron chi connectivity index (χ3n) is 6.18. The molecule has 2 aromatic rings. The highest BCUT2D eigenvalue weighted by Gasteiger charge is 2.30. The largest absolute Gasteiger partial charge is 0.490 e. The summed E-state index contributed by atoms with van der Waals surface area (Å²) in [6.07, 6.45) is 2.97. The quantitative estimate of drug-likeness (QED) is 0.494. The second kappa shape index (κ2) is 10.9. The van der Waals surface area contributed by atoms with Gasteiger partial charge >= 0.3 is 5.97 Å². The van der Waals surface area contributed by atoms with Crippen molar-refractivity contribution < 1.29 is 28.6 Å². The molecular formula is C25H27FN2O5S. The summed E-state index contributed by atoms with van der Waals surface area (Å²) in [7, 11) is 0. The minimum atomic E-state index is -0.744. The lowest BCUT2D eigenvalue weighted by Gasteiger charge is -2.26. The van der Waals surface area contributed by atoms with Crippen molar-refractivity contribution >= 4 is 29.5 Å². The number of carbonyl (C=O) groups excluding carboxylic acids is 2. The molecule has 9 heteroatoms. The van der Waals surface area contributed by atoms with Crippen molar-refractivity contribution in [1.29, 1.82) is 0 Å². The summed E-state index contributed by atoms with van der Waals surface area (Å²) in [5, 5.41) is 14.3. The van der Waals surface area contributed by atoms with Crippen molar-refractivity contribution in [2.75, 3.05) is 13.1 Å². The molecule has 1 aliphatic carbocycles. The fraction of sp³-hybridized carbons (Fsp3) is 0.400. The number of carbonyl (C=O) groups is 3. The van der Waals surface area contributed by atoms with E-state index in [2.05, 4.69) is 10.6 Å². The molecule has 0 bridgehead atoms. The topological polar surface area (TPSA) is 105 Å². The molecule has 1 atom stereocenters. The van der Waals surface area contributed by atoms with E-state index in [0.717, 1.165) is 4.90 Å². The summed E-state index contributed by atoms with van der Waals surface area (Å²) in [4.78, 5) is 36.6. The first-order chi connectivity index (χ1) is 16.4. The molecule has 0 aromatic heterocycles. The number of nitrogens with one attached hydrogen (secondary N) is 2. The Balaban J connectivity index is 1.16. The number of carboxylic acid groups (broad SMARTS) is 1. The van der Waals surface area contributed by atoms with Gasteiger partial charge in [-0.3, -0.25) is 14.4 Å². The summed E-state index contributed by atoms with van der Waals surface area (Å²) in [6, 6.07) is 11.7. The van der Waals surface area contributed by atoms with Crippen LogP contribution in [0.4, 0.5) is 4.39 Å². The normalized spacial score (nSPS) is 21.4. The van der Waals surface area contributed by atoms with Gasteiger partial charge in [0.25, 0.3) is 5.91 Å². The molecular weight excluding hydrogens is 459 g/mol. The van der Waals surface area contributed by atoms with Gasteiger partial charge in [0.1, 0.15) is 11.6 Å². The van der Waals surface area contributed by atoms with Crippen molar-refractivity contribution in [3.8, 4) is 5.75 Å². The number of benzene rings is 2. The maximum atomic E-state index is 13.8. The standard InChI is InChI=1S/C25H27FN2O5S/c26-20-2-1-3-21-19(20)14-22(34-21)24(30)28-13-12-27-23(29)15-4-8-17(9-5-15)33-18-10-6-16(7-11-18)25(31)32/h1-5,8-9,16,18,22H,6-7,10-14H2,(H,27,29)(H,28,30)(H,31,32)/t16-,18+,22?. The van der Waals surface area contributed by atoms with Gasteiger partial charge in [0.2, 0.25) is 5.91 Å². The molecule has 1 heterocycles. The van der Waals surface area contributed by atoms with E-state index in [1.165, 1.54) is 17.8 Å². The van der Waals surface area contributed by atoms with Gasteiger partial charge in [0, 0.05) is 29.1 Å². The molecule has 7 nitrogen and oxygen atoms in total. The highest BCUT2D eigenvalue weighted by atomic mass is 32.2. The third kappa shape index (κ3) is 5.88. The molecule has 2 aliphatic rings. The minimum absolute atomic E-state index is 0.0128. The van der Waals surface area contributed by atoms with Crippen LogP contribution in [0.15, 0.2) is 47.4 Å². The number of carboxylic acids is 1. The summed E-state index contributed by atoms with van der Waals surface area (Å²) in [6.45, 7) is 0.551. The number of hydrogen-bond acceptors (Lipinski definition) is 5. The Kier molecular flexibility index (Phi) is 7.72. The number of fused-ring (bicyclic) bond motifs is 1. The molecule has 1 aliphatic heterocycles.